The van der Waals surface area contributed by atoms with Gasteiger partial charge in [0.05, 0.1) is 11.4 Å². The minimum Gasteiger partial charge on any atom is -0.203 e. The Balaban J connectivity index is 1.56. The molecule has 0 aliphatic heterocycles. The van der Waals surface area contributed by atoms with Crippen LogP contribution in [0, 0.1) is 23.5 Å². The number of aromatic nitrogens is 2. The summed E-state index contributed by atoms with van der Waals surface area (Å²) in [6.45, 7) is 4.41. The van der Waals surface area contributed by atoms with Gasteiger partial charge < -0.3 is 0 Å². The van der Waals surface area contributed by atoms with Crippen LogP contribution in [-0.4, -0.2) is 10.2 Å². The molecule has 0 radical (unpaired) electrons. The maximum absolute atomic E-state index is 14.8. The molecule has 1 heterocycles. The predicted molar refractivity (Wildman–Crippen MR) is 124 cm³/mol. The van der Waals surface area contributed by atoms with Crippen molar-refractivity contribution < 1.29 is 8.78 Å². The molecule has 1 saturated carbocycles. The van der Waals surface area contributed by atoms with Gasteiger partial charge in [0.2, 0.25) is 0 Å². The first-order valence-electron chi connectivity index (χ1n) is 12.4. The predicted octanol–water partition coefficient (Wildman–Crippen LogP) is 8.08. The van der Waals surface area contributed by atoms with Crippen molar-refractivity contribution in [1.82, 2.24) is 10.2 Å². The summed E-state index contributed by atoms with van der Waals surface area (Å²) in [5.74, 6) is 0.00620. The fourth-order valence-electron chi connectivity index (χ4n) is 4.83. The summed E-state index contributed by atoms with van der Waals surface area (Å²) in [4.78, 5) is 0. The summed E-state index contributed by atoms with van der Waals surface area (Å²) in [7, 11) is 0. The maximum Gasteiger partial charge on any atom is 0.168 e. The molecule has 31 heavy (non-hydrogen) atoms. The first kappa shape index (κ1) is 23.8. The molecule has 0 atom stereocenters. The van der Waals surface area contributed by atoms with Crippen LogP contribution in [0.1, 0.15) is 95.7 Å². The van der Waals surface area contributed by atoms with Gasteiger partial charge in [0.1, 0.15) is 0 Å². The third kappa shape index (κ3) is 6.82. The molecule has 170 valence electrons. The lowest BCUT2D eigenvalue weighted by atomic mass is 9.78. The SMILES string of the molecule is CCCCCc1ccc(-c2ccc(CCC3CCC(CCCC)CC3)c(F)c2F)nn1. The Morgan fingerprint density at radius 1 is 0.742 bits per heavy atom. The lowest BCUT2D eigenvalue weighted by molar-refractivity contribution is 0.249. The number of hydrogen-bond acceptors (Lipinski definition) is 2. The fourth-order valence-corrected chi connectivity index (χ4v) is 4.83. The van der Waals surface area contributed by atoms with E-state index in [0.29, 0.717) is 23.6 Å². The average molecular weight is 429 g/mol. The van der Waals surface area contributed by atoms with Crippen LogP contribution < -0.4 is 0 Å². The van der Waals surface area contributed by atoms with Crippen LogP contribution in [0.15, 0.2) is 24.3 Å². The highest BCUT2D eigenvalue weighted by Crippen LogP contribution is 2.35. The van der Waals surface area contributed by atoms with Crippen molar-refractivity contribution in [3.8, 4) is 11.3 Å². The van der Waals surface area contributed by atoms with Gasteiger partial charge in [-0.2, -0.15) is 10.2 Å². The number of hydrogen-bond donors (Lipinski definition) is 0. The normalized spacial score (nSPS) is 19.0. The molecule has 1 fully saturated rings. The first-order valence-corrected chi connectivity index (χ1v) is 12.4. The molecule has 0 unspecified atom stereocenters. The van der Waals surface area contributed by atoms with Gasteiger partial charge in [0.15, 0.2) is 11.6 Å². The van der Waals surface area contributed by atoms with Crippen LogP contribution in [0.5, 0.6) is 0 Å². The molecular formula is C27H38F2N2. The Morgan fingerprint density at radius 3 is 2.10 bits per heavy atom. The highest BCUT2D eigenvalue weighted by Gasteiger charge is 2.22. The molecular weight excluding hydrogens is 390 g/mol. The third-order valence-corrected chi connectivity index (χ3v) is 6.95. The first-order chi connectivity index (χ1) is 15.1. The topological polar surface area (TPSA) is 25.8 Å². The Labute approximate surface area is 186 Å². The summed E-state index contributed by atoms with van der Waals surface area (Å²) >= 11 is 0. The Hall–Kier alpha value is -1.84. The van der Waals surface area contributed by atoms with Gasteiger partial charge in [0, 0.05) is 5.56 Å². The second kappa shape index (κ2) is 12.3. The van der Waals surface area contributed by atoms with Crippen LogP contribution in [0.3, 0.4) is 0 Å². The van der Waals surface area contributed by atoms with Crippen LogP contribution >= 0.6 is 0 Å². The highest BCUT2D eigenvalue weighted by atomic mass is 19.2. The van der Waals surface area contributed by atoms with E-state index in [1.165, 1.54) is 44.9 Å². The van der Waals surface area contributed by atoms with Gasteiger partial charge in [-0.25, -0.2) is 8.78 Å². The van der Waals surface area contributed by atoms with Crippen molar-refractivity contribution in [2.45, 2.75) is 97.3 Å². The summed E-state index contributed by atoms with van der Waals surface area (Å²) in [5.41, 5.74) is 1.98. The molecule has 0 spiro atoms. The zero-order valence-electron chi connectivity index (χ0n) is 19.3. The van der Waals surface area contributed by atoms with Gasteiger partial charge in [-0.15, -0.1) is 0 Å². The van der Waals surface area contributed by atoms with E-state index in [-0.39, 0.29) is 5.56 Å². The molecule has 2 nitrogen and oxygen atoms in total. The van der Waals surface area contributed by atoms with Gasteiger partial charge in [-0.1, -0.05) is 77.7 Å². The number of halogens is 2. The number of benzene rings is 1. The van der Waals surface area contributed by atoms with E-state index in [9.17, 15) is 8.78 Å². The fraction of sp³-hybridized carbons (Fsp3) is 0.630. The molecule has 0 amide bonds. The van der Waals surface area contributed by atoms with E-state index in [2.05, 4.69) is 24.0 Å². The van der Waals surface area contributed by atoms with Crippen LogP contribution in [0.4, 0.5) is 8.78 Å². The minimum absolute atomic E-state index is 0.199. The number of aryl methyl sites for hydroxylation is 2. The summed E-state index contributed by atoms with van der Waals surface area (Å²) in [6.07, 6.45) is 14.8. The summed E-state index contributed by atoms with van der Waals surface area (Å²) in [6, 6.07) is 7.02. The number of nitrogens with zero attached hydrogens (tertiary/aromatic N) is 2. The van der Waals surface area contributed by atoms with Crippen molar-refractivity contribution >= 4 is 0 Å². The summed E-state index contributed by atoms with van der Waals surface area (Å²) in [5, 5.41) is 8.35. The molecule has 1 aliphatic rings. The van der Waals surface area contributed by atoms with Crippen molar-refractivity contribution in [3.05, 3.63) is 47.2 Å². The van der Waals surface area contributed by atoms with E-state index >= 15 is 0 Å². The number of unbranched alkanes of at least 4 members (excludes halogenated alkanes) is 3. The van der Waals surface area contributed by atoms with Crippen molar-refractivity contribution in [2.24, 2.45) is 11.8 Å². The van der Waals surface area contributed by atoms with Crippen molar-refractivity contribution in [1.29, 1.82) is 0 Å². The molecule has 0 bridgehead atoms. The van der Waals surface area contributed by atoms with Crippen LogP contribution in [-0.2, 0) is 12.8 Å². The standard InChI is InChI=1S/C27H38F2N2/c1-3-5-7-9-23-17-19-25(31-30-23)24-18-16-22(26(28)27(24)29)15-14-21-12-10-20(11-13-21)8-6-4-2/h16-21H,3-15H2,1-2H3. The quantitative estimate of drug-likeness (QED) is 0.338. The Bertz CT molecular complexity index is 796. The Morgan fingerprint density at radius 2 is 1.45 bits per heavy atom. The van der Waals surface area contributed by atoms with Gasteiger partial charge in [-0.05, 0) is 61.3 Å². The molecule has 1 aliphatic carbocycles. The molecule has 2 aromatic rings. The molecule has 3 rings (SSSR count). The maximum atomic E-state index is 14.8. The summed E-state index contributed by atoms with van der Waals surface area (Å²) < 4.78 is 29.6. The monoisotopic (exact) mass is 428 g/mol. The van der Waals surface area contributed by atoms with E-state index in [1.54, 1.807) is 18.2 Å². The van der Waals surface area contributed by atoms with Crippen molar-refractivity contribution in [2.75, 3.05) is 0 Å². The minimum atomic E-state index is -0.797. The van der Waals surface area contributed by atoms with E-state index in [1.807, 2.05) is 6.07 Å². The van der Waals surface area contributed by atoms with E-state index in [0.717, 1.165) is 43.7 Å². The molecule has 0 N–H and O–H groups in total. The Kier molecular flexibility index (Phi) is 9.42. The van der Waals surface area contributed by atoms with Crippen LogP contribution in [0.2, 0.25) is 0 Å². The van der Waals surface area contributed by atoms with Gasteiger partial charge >= 0.3 is 0 Å². The smallest absolute Gasteiger partial charge is 0.168 e. The lowest BCUT2D eigenvalue weighted by Gasteiger charge is -2.28. The van der Waals surface area contributed by atoms with Crippen LogP contribution in [0.25, 0.3) is 11.3 Å². The third-order valence-electron chi connectivity index (χ3n) is 6.95. The molecule has 4 heteroatoms. The van der Waals surface area contributed by atoms with Gasteiger partial charge in [-0.3, -0.25) is 0 Å². The number of rotatable bonds is 11. The second-order valence-corrected chi connectivity index (χ2v) is 9.33. The lowest BCUT2D eigenvalue weighted by Crippen LogP contribution is -2.15. The zero-order valence-corrected chi connectivity index (χ0v) is 19.3. The van der Waals surface area contributed by atoms with E-state index in [4.69, 9.17) is 0 Å². The molecule has 1 aromatic heterocycles. The van der Waals surface area contributed by atoms with E-state index < -0.39 is 11.6 Å². The highest BCUT2D eigenvalue weighted by molar-refractivity contribution is 5.60. The average Bonchev–Trinajstić information content (AvgIpc) is 2.80. The zero-order chi connectivity index (χ0) is 22.1. The molecule has 1 aromatic carbocycles. The molecule has 0 saturated heterocycles. The second-order valence-electron chi connectivity index (χ2n) is 9.33. The van der Waals surface area contributed by atoms with Crippen molar-refractivity contribution in [3.63, 3.8) is 0 Å². The largest absolute Gasteiger partial charge is 0.203 e. The van der Waals surface area contributed by atoms with Gasteiger partial charge in [0.25, 0.3) is 0 Å².